The van der Waals surface area contributed by atoms with Crippen molar-refractivity contribution in [2.24, 2.45) is 10.7 Å². The zero-order chi connectivity index (χ0) is 12.3. The molecule has 17 heavy (non-hydrogen) atoms. The lowest BCUT2D eigenvalue weighted by atomic mass is 10.0. The van der Waals surface area contributed by atoms with Gasteiger partial charge in [0.25, 0.3) is 6.02 Å². The van der Waals surface area contributed by atoms with Crippen molar-refractivity contribution < 1.29 is 4.74 Å². The largest absolute Gasteiger partial charge is 0.463 e. The third-order valence-corrected chi connectivity index (χ3v) is 3.06. The van der Waals surface area contributed by atoms with Crippen LogP contribution in [-0.4, -0.2) is 25.2 Å². The molecule has 1 aromatic rings. The Balaban J connectivity index is 1.86. The van der Waals surface area contributed by atoms with E-state index in [-0.39, 0.29) is 6.04 Å². The molecule has 0 unspecified atom stereocenters. The summed E-state index contributed by atoms with van der Waals surface area (Å²) >= 11 is 0. The summed E-state index contributed by atoms with van der Waals surface area (Å²) in [6.07, 6.45) is 0. The Bertz CT molecular complexity index is 408. The van der Waals surface area contributed by atoms with Crippen LogP contribution >= 0.6 is 0 Å². The Hall–Kier alpha value is -1.55. The van der Waals surface area contributed by atoms with Gasteiger partial charge in [0.2, 0.25) is 0 Å². The molecule has 0 radical (unpaired) electrons. The predicted octanol–water partition coefficient (Wildman–Crippen LogP) is 1.11. The van der Waals surface area contributed by atoms with Crippen molar-refractivity contribution in [3.05, 3.63) is 34.9 Å². The molecule has 0 aromatic heterocycles. The van der Waals surface area contributed by atoms with Crippen molar-refractivity contribution in [1.82, 2.24) is 5.32 Å². The van der Waals surface area contributed by atoms with Crippen LogP contribution in [0.25, 0.3) is 0 Å². The predicted molar refractivity (Wildman–Crippen MR) is 69.0 cm³/mol. The summed E-state index contributed by atoms with van der Waals surface area (Å²) in [7, 11) is 0. The van der Waals surface area contributed by atoms with Gasteiger partial charge in [-0.2, -0.15) is 0 Å². The number of hydrogen-bond acceptors (Lipinski definition) is 4. The van der Waals surface area contributed by atoms with Crippen molar-refractivity contribution in [3.8, 4) is 0 Å². The average Bonchev–Trinajstić information content (AvgIpc) is 2.69. The Kier molecular flexibility index (Phi) is 3.64. The first kappa shape index (κ1) is 11.9. The molecule has 1 atom stereocenters. The van der Waals surface area contributed by atoms with Crippen LogP contribution in [0.15, 0.2) is 23.2 Å². The van der Waals surface area contributed by atoms with E-state index in [0.29, 0.717) is 12.6 Å². The highest BCUT2D eigenvalue weighted by atomic mass is 16.5. The zero-order valence-corrected chi connectivity index (χ0v) is 10.4. The standard InChI is InChI=1S/C13H19N3O/c1-9-4-3-5-10(2)12(9)7-15-6-11-8-17-13(14)16-11/h3-5,11,15H,6-8H2,1-2H3,(H2,14,16)/t11-/m0/s1. The van der Waals surface area contributed by atoms with E-state index in [1.807, 2.05) is 0 Å². The molecule has 0 spiro atoms. The van der Waals surface area contributed by atoms with Crippen molar-refractivity contribution in [3.63, 3.8) is 0 Å². The molecule has 3 N–H and O–H groups in total. The molecule has 1 aromatic carbocycles. The second-order valence-corrected chi connectivity index (χ2v) is 4.43. The van der Waals surface area contributed by atoms with E-state index in [1.165, 1.54) is 16.7 Å². The minimum absolute atomic E-state index is 0.152. The first-order chi connectivity index (χ1) is 8.16. The lowest BCUT2D eigenvalue weighted by Gasteiger charge is -2.12. The van der Waals surface area contributed by atoms with Crippen LogP contribution in [0.2, 0.25) is 0 Å². The van der Waals surface area contributed by atoms with Gasteiger partial charge in [0, 0.05) is 13.1 Å². The third kappa shape index (κ3) is 2.97. The molecule has 4 nitrogen and oxygen atoms in total. The molecule has 0 bridgehead atoms. The SMILES string of the molecule is Cc1cccc(C)c1CNC[C@H]1COC(N)=N1. The average molecular weight is 233 g/mol. The monoisotopic (exact) mass is 233 g/mol. The number of aliphatic imine (C=N–C) groups is 1. The lowest BCUT2D eigenvalue weighted by molar-refractivity contribution is 0.309. The Morgan fingerprint density at radius 3 is 2.71 bits per heavy atom. The van der Waals surface area contributed by atoms with Gasteiger partial charge in [-0.15, -0.1) is 0 Å². The first-order valence-electron chi connectivity index (χ1n) is 5.88. The van der Waals surface area contributed by atoms with Crippen LogP contribution in [0, 0.1) is 13.8 Å². The number of ether oxygens (including phenoxy) is 1. The summed E-state index contributed by atoms with van der Waals surface area (Å²) in [5, 5.41) is 3.40. The molecule has 1 aliphatic heterocycles. The third-order valence-electron chi connectivity index (χ3n) is 3.06. The minimum Gasteiger partial charge on any atom is -0.463 e. The van der Waals surface area contributed by atoms with E-state index in [0.717, 1.165) is 13.1 Å². The maximum atomic E-state index is 5.46. The van der Waals surface area contributed by atoms with E-state index in [1.54, 1.807) is 0 Å². The zero-order valence-electron chi connectivity index (χ0n) is 10.4. The van der Waals surface area contributed by atoms with E-state index < -0.39 is 0 Å². The number of nitrogens with one attached hydrogen (secondary N) is 1. The molecule has 0 saturated heterocycles. The summed E-state index contributed by atoms with van der Waals surface area (Å²) in [6.45, 7) is 6.53. The van der Waals surface area contributed by atoms with Gasteiger partial charge >= 0.3 is 0 Å². The highest BCUT2D eigenvalue weighted by Gasteiger charge is 2.15. The van der Waals surface area contributed by atoms with Crippen LogP contribution in [-0.2, 0) is 11.3 Å². The topological polar surface area (TPSA) is 59.6 Å². The molecular weight excluding hydrogens is 214 g/mol. The van der Waals surface area contributed by atoms with Gasteiger partial charge in [0.05, 0.1) is 0 Å². The van der Waals surface area contributed by atoms with E-state index in [4.69, 9.17) is 10.5 Å². The molecule has 4 heteroatoms. The fourth-order valence-corrected chi connectivity index (χ4v) is 2.03. The van der Waals surface area contributed by atoms with Gasteiger partial charge in [-0.1, -0.05) is 18.2 Å². The van der Waals surface area contributed by atoms with Gasteiger partial charge in [-0.3, -0.25) is 0 Å². The van der Waals surface area contributed by atoms with Crippen molar-refractivity contribution in [2.45, 2.75) is 26.4 Å². The van der Waals surface area contributed by atoms with Gasteiger partial charge in [0.1, 0.15) is 12.6 Å². The van der Waals surface area contributed by atoms with Crippen LogP contribution in [0.4, 0.5) is 0 Å². The lowest BCUT2D eigenvalue weighted by Crippen LogP contribution is -2.26. The minimum atomic E-state index is 0.152. The van der Waals surface area contributed by atoms with Crippen molar-refractivity contribution >= 4 is 6.02 Å². The normalized spacial score (nSPS) is 18.9. The molecule has 0 saturated carbocycles. The smallest absolute Gasteiger partial charge is 0.282 e. The number of amidine groups is 1. The molecule has 0 amide bonds. The Morgan fingerprint density at radius 1 is 1.41 bits per heavy atom. The molecule has 1 aliphatic rings. The van der Waals surface area contributed by atoms with Gasteiger partial charge in [-0.05, 0) is 30.5 Å². The summed E-state index contributed by atoms with van der Waals surface area (Å²) in [5.41, 5.74) is 9.47. The maximum Gasteiger partial charge on any atom is 0.282 e. The number of benzene rings is 1. The maximum absolute atomic E-state index is 5.46. The van der Waals surface area contributed by atoms with Gasteiger partial charge < -0.3 is 15.8 Å². The van der Waals surface area contributed by atoms with Crippen molar-refractivity contribution in [2.75, 3.05) is 13.2 Å². The number of nitrogens with two attached hydrogens (primary N) is 1. The van der Waals surface area contributed by atoms with Gasteiger partial charge in [-0.25, -0.2) is 4.99 Å². The second-order valence-electron chi connectivity index (χ2n) is 4.43. The van der Waals surface area contributed by atoms with E-state index in [9.17, 15) is 0 Å². The fourth-order valence-electron chi connectivity index (χ4n) is 2.03. The molecule has 0 aliphatic carbocycles. The molecule has 92 valence electrons. The highest BCUT2D eigenvalue weighted by molar-refractivity contribution is 5.73. The van der Waals surface area contributed by atoms with Gasteiger partial charge in [0.15, 0.2) is 0 Å². The van der Waals surface area contributed by atoms with Crippen LogP contribution in [0.5, 0.6) is 0 Å². The Morgan fingerprint density at radius 2 is 2.12 bits per heavy atom. The molecular formula is C13H19N3O. The molecule has 2 rings (SSSR count). The first-order valence-corrected chi connectivity index (χ1v) is 5.88. The van der Waals surface area contributed by atoms with E-state index >= 15 is 0 Å². The number of nitrogens with zero attached hydrogens (tertiary/aromatic N) is 1. The number of aryl methyl sites for hydroxylation is 2. The van der Waals surface area contributed by atoms with Crippen LogP contribution in [0.1, 0.15) is 16.7 Å². The molecule has 1 heterocycles. The Labute approximate surface area is 102 Å². The fraction of sp³-hybridized carbons (Fsp3) is 0.462. The summed E-state index contributed by atoms with van der Waals surface area (Å²) in [6, 6.07) is 6.82. The molecule has 0 fully saturated rings. The number of rotatable bonds is 4. The van der Waals surface area contributed by atoms with E-state index in [2.05, 4.69) is 42.4 Å². The van der Waals surface area contributed by atoms with Crippen LogP contribution in [0.3, 0.4) is 0 Å². The summed E-state index contributed by atoms with van der Waals surface area (Å²) < 4.78 is 5.10. The summed E-state index contributed by atoms with van der Waals surface area (Å²) in [5.74, 6) is 0. The van der Waals surface area contributed by atoms with Crippen LogP contribution < -0.4 is 11.1 Å². The van der Waals surface area contributed by atoms with Crippen molar-refractivity contribution in [1.29, 1.82) is 0 Å². The summed E-state index contributed by atoms with van der Waals surface area (Å²) in [4.78, 5) is 4.17. The quantitative estimate of drug-likeness (QED) is 0.819. The number of hydrogen-bond donors (Lipinski definition) is 2. The highest BCUT2D eigenvalue weighted by Crippen LogP contribution is 2.12. The second kappa shape index (κ2) is 5.19.